The maximum absolute atomic E-state index is 13.0. The molecule has 1 atom stereocenters. The van der Waals surface area contributed by atoms with Gasteiger partial charge in [-0.25, -0.2) is 4.68 Å². The first-order chi connectivity index (χ1) is 12.8. The van der Waals surface area contributed by atoms with E-state index in [1.54, 1.807) is 4.68 Å². The Labute approximate surface area is 165 Å². The number of nitrogens with one attached hydrogen (secondary N) is 2. The van der Waals surface area contributed by atoms with Gasteiger partial charge in [0.25, 0.3) is 5.91 Å². The van der Waals surface area contributed by atoms with Gasteiger partial charge in [0.15, 0.2) is 0 Å². The Morgan fingerprint density at radius 1 is 1.07 bits per heavy atom. The van der Waals surface area contributed by atoms with Gasteiger partial charge in [-0.05, 0) is 31.5 Å². The van der Waals surface area contributed by atoms with Crippen LogP contribution in [0.5, 0.6) is 0 Å². The molecule has 27 heavy (non-hydrogen) atoms. The Bertz CT molecular complexity index is 874. The van der Waals surface area contributed by atoms with Crippen LogP contribution in [0.25, 0.3) is 16.9 Å². The van der Waals surface area contributed by atoms with Crippen molar-refractivity contribution in [1.82, 2.24) is 20.4 Å². The predicted molar refractivity (Wildman–Crippen MR) is 110 cm³/mol. The largest absolute Gasteiger partial charge is 0.348 e. The van der Waals surface area contributed by atoms with Crippen LogP contribution in [-0.2, 0) is 0 Å². The van der Waals surface area contributed by atoms with Gasteiger partial charge in [-0.15, -0.1) is 12.4 Å². The number of aromatic nitrogens is 2. The third-order valence-electron chi connectivity index (χ3n) is 4.66. The normalized spacial score (nSPS) is 16.4. The first-order valence-electron chi connectivity index (χ1n) is 9.03. The van der Waals surface area contributed by atoms with E-state index in [0.29, 0.717) is 11.3 Å². The number of benzene rings is 2. The summed E-state index contributed by atoms with van der Waals surface area (Å²) in [6.45, 7) is 1.84. The minimum atomic E-state index is -0.0697. The molecule has 6 heteroatoms. The number of rotatable bonds is 4. The van der Waals surface area contributed by atoms with Gasteiger partial charge in [-0.2, -0.15) is 5.10 Å². The monoisotopic (exact) mass is 382 g/mol. The van der Waals surface area contributed by atoms with Crippen molar-refractivity contribution < 1.29 is 4.79 Å². The number of hydrogen-bond acceptors (Lipinski definition) is 3. The first kappa shape index (κ1) is 19.1. The number of halogens is 1. The van der Waals surface area contributed by atoms with E-state index in [1.165, 1.54) is 0 Å². The molecular formula is C21H23ClN4O. The number of piperidine rings is 1. The van der Waals surface area contributed by atoms with E-state index in [0.717, 1.165) is 37.2 Å². The first-order valence-corrected chi connectivity index (χ1v) is 9.03. The van der Waals surface area contributed by atoms with Gasteiger partial charge in [0, 0.05) is 24.3 Å². The molecule has 0 spiro atoms. The fraction of sp³-hybridized carbons (Fsp3) is 0.238. The highest BCUT2D eigenvalue weighted by atomic mass is 35.5. The van der Waals surface area contributed by atoms with Crippen molar-refractivity contribution >= 4 is 18.3 Å². The van der Waals surface area contributed by atoms with Crippen molar-refractivity contribution in [1.29, 1.82) is 0 Å². The molecule has 5 nitrogen and oxygen atoms in total. The number of carbonyl (C=O) groups is 1. The summed E-state index contributed by atoms with van der Waals surface area (Å²) >= 11 is 0. The summed E-state index contributed by atoms with van der Waals surface area (Å²) in [7, 11) is 0. The maximum atomic E-state index is 13.0. The van der Waals surface area contributed by atoms with Crippen molar-refractivity contribution in [3.8, 4) is 16.9 Å². The summed E-state index contributed by atoms with van der Waals surface area (Å²) in [6, 6.07) is 19.9. The molecule has 1 amide bonds. The molecule has 0 bridgehead atoms. The fourth-order valence-corrected chi connectivity index (χ4v) is 3.30. The number of amides is 1. The van der Waals surface area contributed by atoms with E-state index in [-0.39, 0.29) is 24.4 Å². The Morgan fingerprint density at radius 3 is 2.44 bits per heavy atom. The third kappa shape index (κ3) is 4.38. The van der Waals surface area contributed by atoms with E-state index in [4.69, 9.17) is 5.10 Å². The molecule has 0 aliphatic carbocycles. The highest BCUT2D eigenvalue weighted by Gasteiger charge is 2.22. The molecule has 3 aromatic rings. The lowest BCUT2D eigenvalue weighted by atomic mass is 10.1. The van der Waals surface area contributed by atoms with Crippen LogP contribution < -0.4 is 10.6 Å². The smallest absolute Gasteiger partial charge is 0.255 e. The number of nitrogens with zero attached hydrogens (tertiary/aromatic N) is 2. The van der Waals surface area contributed by atoms with Gasteiger partial charge in [-0.1, -0.05) is 48.5 Å². The van der Waals surface area contributed by atoms with Gasteiger partial charge in [0.2, 0.25) is 0 Å². The second-order valence-electron chi connectivity index (χ2n) is 6.55. The minimum absolute atomic E-state index is 0. The Kier molecular flexibility index (Phi) is 6.27. The predicted octanol–water partition coefficient (Wildman–Crippen LogP) is 3.44. The second kappa shape index (κ2) is 8.84. The zero-order valence-corrected chi connectivity index (χ0v) is 15.8. The third-order valence-corrected chi connectivity index (χ3v) is 4.66. The topological polar surface area (TPSA) is 59.0 Å². The summed E-state index contributed by atoms with van der Waals surface area (Å²) in [4.78, 5) is 13.0. The quantitative estimate of drug-likeness (QED) is 0.726. The molecule has 2 N–H and O–H groups in total. The van der Waals surface area contributed by atoms with E-state index >= 15 is 0 Å². The second-order valence-corrected chi connectivity index (χ2v) is 6.55. The van der Waals surface area contributed by atoms with Crippen LogP contribution in [-0.4, -0.2) is 34.8 Å². The summed E-state index contributed by atoms with van der Waals surface area (Å²) in [5, 5.41) is 11.2. The van der Waals surface area contributed by atoms with Crippen molar-refractivity contribution in [3.63, 3.8) is 0 Å². The van der Waals surface area contributed by atoms with Crippen LogP contribution in [0.4, 0.5) is 0 Å². The molecule has 0 radical (unpaired) electrons. The molecule has 140 valence electrons. The summed E-state index contributed by atoms with van der Waals surface area (Å²) in [6.07, 6.45) is 3.91. The zero-order valence-electron chi connectivity index (χ0n) is 15.0. The summed E-state index contributed by atoms with van der Waals surface area (Å²) in [5.41, 5.74) is 3.18. The lowest BCUT2D eigenvalue weighted by Crippen LogP contribution is -2.45. The number of hydrogen-bond donors (Lipinski definition) is 2. The van der Waals surface area contributed by atoms with E-state index in [1.807, 2.05) is 66.9 Å². The SMILES string of the molecule is Cl.O=C(NC1CCCNC1)c1cn(-c2ccccc2)nc1-c1ccccc1. The molecule has 1 aliphatic rings. The zero-order chi connectivity index (χ0) is 17.8. The molecule has 0 saturated carbocycles. The molecule has 1 aliphatic heterocycles. The average molecular weight is 383 g/mol. The van der Waals surface area contributed by atoms with Crippen molar-refractivity contribution in [3.05, 3.63) is 72.4 Å². The Morgan fingerprint density at radius 2 is 1.78 bits per heavy atom. The van der Waals surface area contributed by atoms with Gasteiger partial charge < -0.3 is 10.6 Å². The highest BCUT2D eigenvalue weighted by Crippen LogP contribution is 2.24. The van der Waals surface area contributed by atoms with Crippen molar-refractivity contribution in [2.24, 2.45) is 0 Å². The van der Waals surface area contributed by atoms with Gasteiger partial charge in [0.05, 0.1) is 11.3 Å². The Balaban J connectivity index is 0.00000210. The minimum Gasteiger partial charge on any atom is -0.348 e. The van der Waals surface area contributed by atoms with Gasteiger partial charge in [-0.3, -0.25) is 4.79 Å². The molecular weight excluding hydrogens is 360 g/mol. The molecule has 1 aromatic heterocycles. The van der Waals surface area contributed by atoms with Crippen LogP contribution in [0.2, 0.25) is 0 Å². The van der Waals surface area contributed by atoms with Crippen LogP contribution >= 0.6 is 12.4 Å². The van der Waals surface area contributed by atoms with E-state index in [2.05, 4.69) is 10.6 Å². The number of para-hydroxylation sites is 1. The standard InChI is InChI=1S/C21H22N4O.ClH/c26-21(23-17-10-7-13-22-14-17)19-15-25(18-11-5-2-6-12-18)24-20(19)16-8-3-1-4-9-16;/h1-6,8-9,11-12,15,17,22H,7,10,13-14H2,(H,23,26);1H. The molecule has 1 unspecified atom stereocenters. The number of carbonyl (C=O) groups excluding carboxylic acids is 1. The van der Waals surface area contributed by atoms with E-state index < -0.39 is 0 Å². The van der Waals surface area contributed by atoms with Gasteiger partial charge >= 0.3 is 0 Å². The lowest BCUT2D eigenvalue weighted by Gasteiger charge is -2.23. The summed E-state index contributed by atoms with van der Waals surface area (Å²) in [5.74, 6) is -0.0697. The highest BCUT2D eigenvalue weighted by molar-refractivity contribution is 6.00. The molecule has 2 heterocycles. The summed E-state index contributed by atoms with van der Waals surface area (Å²) < 4.78 is 1.77. The van der Waals surface area contributed by atoms with Crippen LogP contribution in [0.1, 0.15) is 23.2 Å². The van der Waals surface area contributed by atoms with Crippen molar-refractivity contribution in [2.45, 2.75) is 18.9 Å². The molecule has 2 aromatic carbocycles. The van der Waals surface area contributed by atoms with Crippen molar-refractivity contribution in [2.75, 3.05) is 13.1 Å². The van der Waals surface area contributed by atoms with E-state index in [9.17, 15) is 4.79 Å². The average Bonchev–Trinajstić information content (AvgIpc) is 3.16. The van der Waals surface area contributed by atoms with Crippen LogP contribution in [0.3, 0.4) is 0 Å². The van der Waals surface area contributed by atoms with Crippen LogP contribution in [0.15, 0.2) is 66.9 Å². The maximum Gasteiger partial charge on any atom is 0.255 e. The van der Waals surface area contributed by atoms with Crippen LogP contribution in [0, 0.1) is 0 Å². The van der Waals surface area contributed by atoms with Gasteiger partial charge in [0.1, 0.15) is 5.69 Å². The molecule has 1 saturated heterocycles. The lowest BCUT2D eigenvalue weighted by molar-refractivity contribution is 0.0931. The fourth-order valence-electron chi connectivity index (χ4n) is 3.30. The molecule has 1 fully saturated rings. The Hall–Kier alpha value is -2.63. The molecule has 4 rings (SSSR count).